The van der Waals surface area contributed by atoms with Gasteiger partial charge in [-0.3, -0.25) is 9.69 Å². The zero-order chi connectivity index (χ0) is 16.7. The first-order chi connectivity index (χ1) is 11.1. The number of aliphatic hydroxyl groups is 3. The lowest BCUT2D eigenvalue weighted by Crippen LogP contribution is -2.41. The third-order valence-electron chi connectivity index (χ3n) is 3.99. The van der Waals surface area contributed by atoms with Crippen molar-refractivity contribution in [1.82, 2.24) is 10.2 Å². The first-order valence-corrected chi connectivity index (χ1v) is 7.92. The first kappa shape index (κ1) is 18.5. The second-order valence-electron chi connectivity index (χ2n) is 5.63. The van der Waals surface area contributed by atoms with Gasteiger partial charge in [-0.25, -0.2) is 0 Å². The zero-order valence-electron chi connectivity index (χ0n) is 13.1. The van der Waals surface area contributed by atoms with Gasteiger partial charge in [-0.05, 0) is 0 Å². The first-order valence-electron chi connectivity index (χ1n) is 7.92. The fraction of sp³-hybridized carbons (Fsp3) is 0.929. The van der Waals surface area contributed by atoms with Crippen LogP contribution in [0, 0.1) is 0 Å². The molecule has 2 heterocycles. The van der Waals surface area contributed by atoms with Crippen LogP contribution in [0.15, 0.2) is 0 Å². The molecule has 9 nitrogen and oxygen atoms in total. The Labute approximate surface area is 135 Å². The quantitative estimate of drug-likeness (QED) is 0.378. The number of ether oxygens (including phenoxy) is 3. The van der Waals surface area contributed by atoms with Gasteiger partial charge in [-0.1, -0.05) is 0 Å². The highest BCUT2D eigenvalue weighted by molar-refractivity contribution is 5.75. The van der Waals surface area contributed by atoms with Crippen molar-refractivity contribution in [2.75, 3.05) is 52.6 Å². The van der Waals surface area contributed by atoms with E-state index in [9.17, 15) is 15.0 Å². The second kappa shape index (κ2) is 9.48. The van der Waals surface area contributed by atoms with Crippen molar-refractivity contribution in [1.29, 1.82) is 0 Å². The molecule has 2 rings (SSSR count). The Morgan fingerprint density at radius 2 is 2.04 bits per heavy atom. The Bertz CT molecular complexity index is 365. The number of carbonyl (C=O) groups excluding carboxylic acids is 1. The van der Waals surface area contributed by atoms with Crippen LogP contribution in [0.25, 0.3) is 0 Å². The third kappa shape index (κ3) is 5.64. The van der Waals surface area contributed by atoms with Crippen molar-refractivity contribution in [2.24, 2.45) is 0 Å². The minimum Gasteiger partial charge on any atom is -0.394 e. The van der Waals surface area contributed by atoms with Crippen molar-refractivity contribution in [3.8, 4) is 0 Å². The molecule has 0 aromatic carbocycles. The van der Waals surface area contributed by atoms with E-state index in [2.05, 4.69) is 10.2 Å². The van der Waals surface area contributed by atoms with E-state index in [1.165, 1.54) is 0 Å². The number of morpholine rings is 1. The summed E-state index contributed by atoms with van der Waals surface area (Å²) < 4.78 is 15.5. The Morgan fingerprint density at radius 1 is 1.30 bits per heavy atom. The highest BCUT2D eigenvalue weighted by Gasteiger charge is 2.43. The van der Waals surface area contributed by atoms with Crippen LogP contribution in [-0.4, -0.2) is 103 Å². The van der Waals surface area contributed by atoms with Crippen LogP contribution < -0.4 is 5.32 Å². The molecule has 23 heavy (non-hydrogen) atoms. The summed E-state index contributed by atoms with van der Waals surface area (Å²) in [4.78, 5) is 13.9. The zero-order valence-corrected chi connectivity index (χ0v) is 13.1. The average Bonchev–Trinajstić information content (AvgIpc) is 2.83. The molecule has 0 bridgehead atoms. The van der Waals surface area contributed by atoms with Crippen LogP contribution in [-0.2, 0) is 19.0 Å². The van der Waals surface area contributed by atoms with Gasteiger partial charge < -0.3 is 34.8 Å². The van der Waals surface area contributed by atoms with Gasteiger partial charge in [0.15, 0.2) is 6.29 Å². The summed E-state index contributed by atoms with van der Waals surface area (Å²) in [6.45, 7) is 4.20. The molecule has 9 heteroatoms. The SMILES string of the molecule is O=C(CCO[C@H]1[C@@H](O)[C@@H](CO)O[C@H]1O)NCCN1CCOCC1. The summed E-state index contributed by atoms with van der Waals surface area (Å²) in [5, 5.41) is 31.1. The Hall–Kier alpha value is -0.810. The number of nitrogens with zero attached hydrogens (tertiary/aromatic N) is 1. The molecular weight excluding hydrogens is 308 g/mol. The van der Waals surface area contributed by atoms with Crippen LogP contribution in [0.1, 0.15) is 6.42 Å². The predicted octanol–water partition coefficient (Wildman–Crippen LogP) is -2.72. The van der Waals surface area contributed by atoms with Gasteiger partial charge in [0.1, 0.15) is 18.3 Å². The van der Waals surface area contributed by atoms with Crippen molar-refractivity contribution >= 4 is 5.91 Å². The number of aliphatic hydroxyl groups excluding tert-OH is 3. The maximum atomic E-state index is 11.7. The summed E-state index contributed by atoms with van der Waals surface area (Å²) in [6.07, 6.45) is -4.10. The van der Waals surface area contributed by atoms with Crippen LogP contribution in [0.5, 0.6) is 0 Å². The van der Waals surface area contributed by atoms with E-state index in [0.717, 1.165) is 32.8 Å². The van der Waals surface area contributed by atoms with E-state index in [4.69, 9.17) is 19.3 Å². The molecule has 2 aliphatic rings. The molecular formula is C14H26N2O7. The van der Waals surface area contributed by atoms with Crippen molar-refractivity contribution in [3.63, 3.8) is 0 Å². The van der Waals surface area contributed by atoms with Gasteiger partial charge in [0.2, 0.25) is 5.91 Å². The molecule has 0 aromatic heterocycles. The summed E-state index contributed by atoms with van der Waals surface area (Å²) in [7, 11) is 0. The molecule has 2 saturated heterocycles. The summed E-state index contributed by atoms with van der Waals surface area (Å²) >= 11 is 0. The number of carbonyl (C=O) groups is 1. The number of rotatable bonds is 8. The maximum Gasteiger partial charge on any atom is 0.222 e. The van der Waals surface area contributed by atoms with E-state index in [0.29, 0.717) is 6.54 Å². The van der Waals surface area contributed by atoms with Gasteiger partial charge in [-0.2, -0.15) is 0 Å². The van der Waals surface area contributed by atoms with Gasteiger partial charge in [0.05, 0.1) is 26.4 Å². The highest BCUT2D eigenvalue weighted by atomic mass is 16.7. The number of hydrogen-bond donors (Lipinski definition) is 4. The summed E-state index contributed by atoms with van der Waals surface area (Å²) in [5.41, 5.74) is 0. The molecule has 0 saturated carbocycles. The van der Waals surface area contributed by atoms with E-state index >= 15 is 0 Å². The number of amides is 1. The van der Waals surface area contributed by atoms with Crippen molar-refractivity contribution in [2.45, 2.75) is 31.0 Å². The topological polar surface area (TPSA) is 121 Å². The van der Waals surface area contributed by atoms with Gasteiger partial charge in [-0.15, -0.1) is 0 Å². The van der Waals surface area contributed by atoms with E-state index in [1.54, 1.807) is 0 Å². The molecule has 2 aliphatic heterocycles. The lowest BCUT2D eigenvalue weighted by Gasteiger charge is -2.26. The van der Waals surface area contributed by atoms with E-state index < -0.39 is 31.2 Å². The summed E-state index contributed by atoms with van der Waals surface area (Å²) in [6, 6.07) is 0. The lowest BCUT2D eigenvalue weighted by molar-refractivity contribution is -0.149. The second-order valence-corrected chi connectivity index (χ2v) is 5.63. The Balaban J connectivity index is 1.56. The van der Waals surface area contributed by atoms with Crippen molar-refractivity contribution in [3.05, 3.63) is 0 Å². The molecule has 4 atom stereocenters. The molecule has 0 aromatic rings. The number of nitrogens with one attached hydrogen (secondary N) is 1. The Kier molecular flexibility index (Phi) is 7.63. The molecule has 134 valence electrons. The molecule has 0 aliphatic carbocycles. The standard InChI is InChI=1S/C14H26N2O7/c17-9-10-12(19)13(14(20)23-10)22-6-1-11(18)15-2-3-16-4-7-21-8-5-16/h10,12-14,17,19-20H,1-9H2,(H,15,18)/t10-,12+,13+,14-/m1/s1. The van der Waals surface area contributed by atoms with Crippen LogP contribution >= 0.6 is 0 Å². The lowest BCUT2D eigenvalue weighted by atomic mass is 10.1. The average molecular weight is 334 g/mol. The molecule has 0 unspecified atom stereocenters. The number of hydrogen-bond acceptors (Lipinski definition) is 8. The van der Waals surface area contributed by atoms with Crippen LogP contribution in [0.2, 0.25) is 0 Å². The normalized spacial score (nSPS) is 32.1. The van der Waals surface area contributed by atoms with Crippen molar-refractivity contribution < 1.29 is 34.3 Å². The minimum absolute atomic E-state index is 0.0592. The smallest absolute Gasteiger partial charge is 0.222 e. The van der Waals surface area contributed by atoms with E-state index in [-0.39, 0.29) is 18.9 Å². The van der Waals surface area contributed by atoms with Crippen LogP contribution in [0.4, 0.5) is 0 Å². The molecule has 0 radical (unpaired) electrons. The van der Waals surface area contributed by atoms with Gasteiger partial charge in [0.25, 0.3) is 0 Å². The fourth-order valence-corrected chi connectivity index (χ4v) is 2.60. The van der Waals surface area contributed by atoms with Gasteiger partial charge >= 0.3 is 0 Å². The van der Waals surface area contributed by atoms with Gasteiger partial charge in [0, 0.05) is 32.6 Å². The molecule has 4 N–H and O–H groups in total. The Morgan fingerprint density at radius 3 is 2.70 bits per heavy atom. The maximum absolute atomic E-state index is 11.7. The monoisotopic (exact) mass is 334 g/mol. The highest BCUT2D eigenvalue weighted by Crippen LogP contribution is 2.22. The fourth-order valence-electron chi connectivity index (χ4n) is 2.60. The molecule has 2 fully saturated rings. The van der Waals surface area contributed by atoms with E-state index in [1.807, 2.05) is 0 Å². The summed E-state index contributed by atoms with van der Waals surface area (Å²) in [5.74, 6) is -0.153. The predicted molar refractivity (Wildman–Crippen MR) is 78.6 cm³/mol. The molecule has 0 spiro atoms. The third-order valence-corrected chi connectivity index (χ3v) is 3.99. The van der Waals surface area contributed by atoms with Crippen LogP contribution in [0.3, 0.4) is 0 Å². The minimum atomic E-state index is -1.30. The molecule has 1 amide bonds. The largest absolute Gasteiger partial charge is 0.394 e.